The lowest BCUT2D eigenvalue weighted by atomic mass is 10.1. The predicted octanol–water partition coefficient (Wildman–Crippen LogP) is 4.94. The van der Waals surface area contributed by atoms with Gasteiger partial charge in [-0.05, 0) is 48.6 Å². The van der Waals surface area contributed by atoms with Crippen molar-refractivity contribution in [3.8, 4) is 16.1 Å². The van der Waals surface area contributed by atoms with Crippen molar-refractivity contribution >= 4 is 33.2 Å². The van der Waals surface area contributed by atoms with Crippen molar-refractivity contribution in [1.29, 1.82) is 0 Å². The van der Waals surface area contributed by atoms with Crippen LogP contribution in [0.15, 0.2) is 64.2 Å². The molecule has 2 heterocycles. The Morgan fingerprint density at radius 3 is 2.63 bits per heavy atom. The summed E-state index contributed by atoms with van der Waals surface area (Å²) >= 11 is 7.63. The van der Waals surface area contributed by atoms with Crippen molar-refractivity contribution in [3.63, 3.8) is 0 Å². The van der Waals surface area contributed by atoms with Gasteiger partial charge in [0.2, 0.25) is 0 Å². The number of H-pyrrole nitrogens is 1. The van der Waals surface area contributed by atoms with Crippen LogP contribution in [0.3, 0.4) is 0 Å². The molecule has 27 heavy (non-hydrogen) atoms. The minimum atomic E-state index is -0.427. The molecular formula is C21H15ClN2O2S. The van der Waals surface area contributed by atoms with Gasteiger partial charge in [0, 0.05) is 15.5 Å². The van der Waals surface area contributed by atoms with Crippen LogP contribution in [0.25, 0.3) is 26.3 Å². The van der Waals surface area contributed by atoms with Crippen molar-refractivity contribution in [3.05, 3.63) is 86.0 Å². The molecule has 134 valence electrons. The molecule has 0 atom stereocenters. The van der Waals surface area contributed by atoms with Gasteiger partial charge in [-0.2, -0.15) is 0 Å². The molecule has 0 amide bonds. The molecule has 5 rings (SSSR count). The molecule has 2 aromatic carbocycles. The van der Waals surface area contributed by atoms with E-state index in [1.54, 1.807) is 6.07 Å². The van der Waals surface area contributed by atoms with Crippen molar-refractivity contribution < 1.29 is 0 Å². The first kappa shape index (κ1) is 16.5. The van der Waals surface area contributed by atoms with Crippen LogP contribution in [0, 0.1) is 0 Å². The zero-order chi connectivity index (χ0) is 18.5. The number of benzene rings is 2. The zero-order valence-electron chi connectivity index (χ0n) is 14.2. The van der Waals surface area contributed by atoms with E-state index in [1.165, 1.54) is 34.3 Å². The van der Waals surface area contributed by atoms with Gasteiger partial charge in [0.05, 0.1) is 11.2 Å². The molecule has 0 unspecified atom stereocenters. The standard InChI is InChI=1S/C21H15ClN2O2S/c22-16-7-2-1-6-15(16)18-11-17-19(27-18)20(25)24(21(26)23-17)14-5-3-4-13(10-14)12-8-9-12/h1-7,10-12H,8-9H2,(H,23,26). The lowest BCUT2D eigenvalue weighted by molar-refractivity contribution is 0.900. The van der Waals surface area contributed by atoms with Crippen molar-refractivity contribution in [2.24, 2.45) is 0 Å². The van der Waals surface area contributed by atoms with Gasteiger partial charge in [-0.3, -0.25) is 4.79 Å². The number of fused-ring (bicyclic) bond motifs is 1. The topological polar surface area (TPSA) is 54.9 Å². The quantitative estimate of drug-likeness (QED) is 0.535. The Labute approximate surface area is 163 Å². The monoisotopic (exact) mass is 394 g/mol. The molecule has 0 radical (unpaired) electrons. The summed E-state index contributed by atoms with van der Waals surface area (Å²) in [5.41, 5.74) is 2.46. The maximum atomic E-state index is 13.1. The zero-order valence-corrected chi connectivity index (χ0v) is 15.8. The summed E-state index contributed by atoms with van der Waals surface area (Å²) in [6, 6.07) is 17.0. The third-order valence-electron chi connectivity index (χ3n) is 4.89. The smallest absolute Gasteiger partial charge is 0.306 e. The van der Waals surface area contributed by atoms with E-state index >= 15 is 0 Å². The van der Waals surface area contributed by atoms with E-state index in [0.29, 0.717) is 26.8 Å². The van der Waals surface area contributed by atoms with Crippen LogP contribution in [-0.2, 0) is 0 Å². The van der Waals surface area contributed by atoms with Crippen LogP contribution >= 0.6 is 22.9 Å². The van der Waals surface area contributed by atoms with Crippen LogP contribution in [0.4, 0.5) is 0 Å². The number of nitrogens with one attached hydrogen (secondary N) is 1. The first-order valence-corrected chi connectivity index (χ1v) is 9.95. The highest BCUT2D eigenvalue weighted by molar-refractivity contribution is 7.22. The van der Waals surface area contributed by atoms with Gasteiger partial charge in [-0.1, -0.05) is 41.9 Å². The molecule has 1 N–H and O–H groups in total. The Morgan fingerprint density at radius 1 is 1.04 bits per heavy atom. The van der Waals surface area contributed by atoms with Gasteiger partial charge in [0.15, 0.2) is 0 Å². The Morgan fingerprint density at radius 2 is 1.85 bits per heavy atom. The van der Waals surface area contributed by atoms with Crippen LogP contribution in [0.5, 0.6) is 0 Å². The fraction of sp³-hybridized carbons (Fsp3) is 0.143. The lowest BCUT2D eigenvalue weighted by Gasteiger charge is -2.06. The number of aromatic amines is 1. The summed E-state index contributed by atoms with van der Waals surface area (Å²) in [6.45, 7) is 0. The highest BCUT2D eigenvalue weighted by atomic mass is 35.5. The van der Waals surface area contributed by atoms with E-state index in [9.17, 15) is 9.59 Å². The van der Waals surface area contributed by atoms with E-state index in [4.69, 9.17) is 11.6 Å². The van der Waals surface area contributed by atoms with E-state index in [1.807, 2.05) is 42.5 Å². The van der Waals surface area contributed by atoms with Crippen molar-refractivity contribution in [2.75, 3.05) is 0 Å². The van der Waals surface area contributed by atoms with Gasteiger partial charge in [-0.25, -0.2) is 9.36 Å². The molecule has 6 heteroatoms. The summed E-state index contributed by atoms with van der Waals surface area (Å²) in [7, 11) is 0. The first-order valence-electron chi connectivity index (χ1n) is 8.76. The third-order valence-corrected chi connectivity index (χ3v) is 6.38. The summed E-state index contributed by atoms with van der Waals surface area (Å²) < 4.78 is 1.74. The molecule has 4 nitrogen and oxygen atoms in total. The molecule has 0 aliphatic heterocycles. The number of hydrogen-bond donors (Lipinski definition) is 1. The van der Waals surface area contributed by atoms with Crippen molar-refractivity contribution in [1.82, 2.24) is 9.55 Å². The summed E-state index contributed by atoms with van der Waals surface area (Å²) in [6.07, 6.45) is 2.33. The molecule has 0 bridgehead atoms. The van der Waals surface area contributed by atoms with E-state index < -0.39 is 5.69 Å². The number of nitrogens with zero attached hydrogens (tertiary/aromatic N) is 1. The van der Waals surface area contributed by atoms with Gasteiger partial charge in [0.25, 0.3) is 5.56 Å². The van der Waals surface area contributed by atoms with E-state index in [-0.39, 0.29) is 5.56 Å². The second-order valence-corrected chi connectivity index (χ2v) is 8.23. The van der Waals surface area contributed by atoms with Crippen LogP contribution in [0.2, 0.25) is 5.02 Å². The Bertz CT molecular complexity index is 1300. The van der Waals surface area contributed by atoms with Crippen molar-refractivity contribution in [2.45, 2.75) is 18.8 Å². The van der Waals surface area contributed by atoms with E-state index in [2.05, 4.69) is 11.1 Å². The molecule has 1 saturated carbocycles. The van der Waals surface area contributed by atoms with Gasteiger partial charge in [-0.15, -0.1) is 11.3 Å². The summed E-state index contributed by atoms with van der Waals surface area (Å²) in [5, 5.41) is 0.615. The number of aromatic nitrogens is 2. The molecule has 1 fully saturated rings. The van der Waals surface area contributed by atoms with Crippen LogP contribution in [-0.4, -0.2) is 9.55 Å². The minimum Gasteiger partial charge on any atom is -0.306 e. The summed E-state index contributed by atoms with van der Waals surface area (Å²) in [5.74, 6) is 0.553. The molecule has 2 aromatic heterocycles. The van der Waals surface area contributed by atoms with Gasteiger partial charge < -0.3 is 4.98 Å². The predicted molar refractivity (Wildman–Crippen MR) is 110 cm³/mol. The number of rotatable bonds is 3. The number of halogens is 1. The SMILES string of the molecule is O=c1[nH]c2cc(-c3ccccc3Cl)sc2c(=O)n1-c1cccc(C2CC2)c1. The molecule has 1 aliphatic rings. The Hall–Kier alpha value is -2.63. The highest BCUT2D eigenvalue weighted by Crippen LogP contribution is 2.40. The Kier molecular flexibility index (Phi) is 3.81. The molecule has 4 aromatic rings. The highest BCUT2D eigenvalue weighted by Gasteiger charge is 2.24. The average molecular weight is 395 g/mol. The Balaban J connectivity index is 1.71. The minimum absolute atomic E-state index is 0.301. The second-order valence-electron chi connectivity index (χ2n) is 6.77. The maximum Gasteiger partial charge on any atom is 0.333 e. The first-order chi connectivity index (χ1) is 13.1. The largest absolute Gasteiger partial charge is 0.333 e. The number of hydrogen-bond acceptors (Lipinski definition) is 3. The molecule has 0 saturated heterocycles. The van der Waals surface area contributed by atoms with Crippen LogP contribution < -0.4 is 11.2 Å². The second kappa shape index (κ2) is 6.22. The molecule has 1 aliphatic carbocycles. The van der Waals surface area contributed by atoms with Gasteiger partial charge >= 0.3 is 5.69 Å². The van der Waals surface area contributed by atoms with E-state index in [0.717, 1.165) is 10.4 Å². The lowest BCUT2D eigenvalue weighted by Crippen LogP contribution is -2.33. The molecular weight excluding hydrogens is 380 g/mol. The number of thiophene rings is 1. The summed E-state index contributed by atoms with van der Waals surface area (Å²) in [4.78, 5) is 29.4. The third kappa shape index (κ3) is 2.83. The fourth-order valence-corrected chi connectivity index (χ4v) is 4.75. The van der Waals surface area contributed by atoms with Crippen LogP contribution in [0.1, 0.15) is 24.3 Å². The fourth-order valence-electron chi connectivity index (χ4n) is 3.37. The average Bonchev–Trinajstić information content (AvgIpc) is 3.43. The normalized spacial score (nSPS) is 14.0. The maximum absolute atomic E-state index is 13.1. The van der Waals surface area contributed by atoms with Gasteiger partial charge in [0.1, 0.15) is 4.70 Å². The molecule has 0 spiro atoms.